The van der Waals surface area contributed by atoms with Gasteiger partial charge in [0.1, 0.15) is 16.8 Å². The molecule has 0 saturated carbocycles. The van der Waals surface area contributed by atoms with Crippen LogP contribution >= 0.6 is 23.4 Å². The molecule has 1 unspecified atom stereocenters. The molecule has 2 amide bonds. The number of rotatable bonds is 6. The van der Waals surface area contributed by atoms with Crippen LogP contribution in [-0.4, -0.2) is 34.2 Å². The topological polar surface area (TPSA) is 71.0 Å². The fraction of sp³-hybridized carbons (Fsp3) is 0.160. The maximum atomic E-state index is 13.4. The lowest BCUT2D eigenvalue weighted by Gasteiger charge is -2.32. The molecule has 9 heteroatoms. The first-order valence-electron chi connectivity index (χ1n) is 10.4. The van der Waals surface area contributed by atoms with E-state index >= 15 is 0 Å². The van der Waals surface area contributed by atoms with Crippen molar-refractivity contribution in [2.45, 2.75) is 18.2 Å². The zero-order valence-corrected chi connectivity index (χ0v) is 19.8. The van der Waals surface area contributed by atoms with Gasteiger partial charge in [0.15, 0.2) is 5.17 Å². The SMILES string of the molecule is COc1ccc(CN2C(=O)CC(C(=O)Nc3ccc(Cl)cc3)SC2=Nc2ccc(F)cc2)cc1. The van der Waals surface area contributed by atoms with E-state index in [2.05, 4.69) is 10.3 Å². The zero-order valence-electron chi connectivity index (χ0n) is 18.2. The first-order valence-corrected chi connectivity index (χ1v) is 11.7. The van der Waals surface area contributed by atoms with E-state index in [4.69, 9.17) is 16.3 Å². The lowest BCUT2D eigenvalue weighted by Crippen LogP contribution is -2.44. The highest BCUT2D eigenvalue weighted by Gasteiger charge is 2.36. The van der Waals surface area contributed by atoms with Crippen LogP contribution in [0.2, 0.25) is 5.02 Å². The largest absolute Gasteiger partial charge is 0.497 e. The van der Waals surface area contributed by atoms with Gasteiger partial charge < -0.3 is 10.1 Å². The lowest BCUT2D eigenvalue weighted by atomic mass is 10.2. The third-order valence-corrected chi connectivity index (χ3v) is 6.53. The zero-order chi connectivity index (χ0) is 24.1. The number of thioether (sulfide) groups is 1. The van der Waals surface area contributed by atoms with E-state index in [-0.39, 0.29) is 30.6 Å². The summed E-state index contributed by atoms with van der Waals surface area (Å²) >= 11 is 7.11. The maximum Gasteiger partial charge on any atom is 0.238 e. The van der Waals surface area contributed by atoms with Gasteiger partial charge in [-0.05, 0) is 66.2 Å². The second-order valence-electron chi connectivity index (χ2n) is 7.51. The summed E-state index contributed by atoms with van der Waals surface area (Å²) in [6, 6.07) is 19.7. The molecule has 0 spiro atoms. The normalized spacial score (nSPS) is 17.0. The summed E-state index contributed by atoms with van der Waals surface area (Å²) in [7, 11) is 1.59. The summed E-state index contributed by atoms with van der Waals surface area (Å²) in [6.07, 6.45) is 0.0165. The quantitative estimate of drug-likeness (QED) is 0.478. The molecule has 174 valence electrons. The molecular weight excluding hydrogens is 477 g/mol. The Labute approximate surface area is 205 Å². The van der Waals surface area contributed by atoms with Crippen LogP contribution in [0.1, 0.15) is 12.0 Å². The second kappa shape index (κ2) is 10.7. The number of hydrogen-bond acceptors (Lipinski definition) is 5. The van der Waals surface area contributed by atoms with Crippen LogP contribution in [0.25, 0.3) is 0 Å². The number of amides is 2. The number of hydrogen-bond donors (Lipinski definition) is 1. The molecule has 1 fully saturated rings. The number of carbonyl (C=O) groups is 2. The van der Waals surface area contributed by atoms with Crippen LogP contribution in [0, 0.1) is 5.82 Å². The van der Waals surface area contributed by atoms with Crippen molar-refractivity contribution in [1.82, 2.24) is 4.90 Å². The summed E-state index contributed by atoms with van der Waals surface area (Å²) < 4.78 is 18.6. The van der Waals surface area contributed by atoms with Gasteiger partial charge in [-0.2, -0.15) is 0 Å². The van der Waals surface area contributed by atoms with Crippen LogP contribution in [0.3, 0.4) is 0 Å². The first-order chi connectivity index (χ1) is 16.4. The molecule has 1 saturated heterocycles. The minimum atomic E-state index is -0.672. The fourth-order valence-electron chi connectivity index (χ4n) is 3.29. The highest BCUT2D eigenvalue weighted by Crippen LogP contribution is 2.31. The van der Waals surface area contributed by atoms with Gasteiger partial charge in [-0.3, -0.25) is 14.5 Å². The van der Waals surface area contributed by atoms with Gasteiger partial charge in [0.2, 0.25) is 11.8 Å². The van der Waals surface area contributed by atoms with Crippen LogP contribution < -0.4 is 10.1 Å². The maximum absolute atomic E-state index is 13.4. The number of benzene rings is 3. The molecule has 4 rings (SSSR count). The highest BCUT2D eigenvalue weighted by molar-refractivity contribution is 8.15. The summed E-state index contributed by atoms with van der Waals surface area (Å²) in [6.45, 7) is 0.279. The highest BCUT2D eigenvalue weighted by atomic mass is 35.5. The molecule has 0 radical (unpaired) electrons. The number of amidine groups is 1. The fourth-order valence-corrected chi connectivity index (χ4v) is 4.52. The number of anilines is 1. The smallest absolute Gasteiger partial charge is 0.238 e. The predicted octanol–water partition coefficient (Wildman–Crippen LogP) is 5.65. The van der Waals surface area contributed by atoms with Crippen molar-refractivity contribution < 1.29 is 18.7 Å². The number of carbonyl (C=O) groups excluding carboxylic acids is 2. The number of ether oxygens (including phenoxy) is 1. The van der Waals surface area contributed by atoms with E-state index in [1.165, 1.54) is 36.0 Å². The summed E-state index contributed by atoms with van der Waals surface area (Å²) in [5.74, 6) is -0.211. The average molecular weight is 498 g/mol. The molecule has 1 heterocycles. The van der Waals surface area contributed by atoms with Crippen molar-refractivity contribution in [3.8, 4) is 5.75 Å². The monoisotopic (exact) mass is 497 g/mol. The molecule has 34 heavy (non-hydrogen) atoms. The van der Waals surface area contributed by atoms with E-state index in [1.54, 1.807) is 36.3 Å². The molecule has 6 nitrogen and oxygen atoms in total. The predicted molar refractivity (Wildman–Crippen MR) is 133 cm³/mol. The Bertz CT molecular complexity index is 1200. The number of halogens is 2. The Morgan fingerprint density at radius 1 is 1.12 bits per heavy atom. The van der Waals surface area contributed by atoms with Crippen molar-refractivity contribution in [3.63, 3.8) is 0 Å². The van der Waals surface area contributed by atoms with Gasteiger partial charge in [0.25, 0.3) is 0 Å². The van der Waals surface area contributed by atoms with E-state index in [0.29, 0.717) is 27.3 Å². The molecule has 1 atom stereocenters. The van der Waals surface area contributed by atoms with Gasteiger partial charge in [-0.25, -0.2) is 9.38 Å². The Morgan fingerprint density at radius 3 is 2.44 bits per heavy atom. The molecule has 1 aliphatic rings. The summed E-state index contributed by atoms with van der Waals surface area (Å²) in [4.78, 5) is 32.2. The van der Waals surface area contributed by atoms with E-state index in [1.807, 2.05) is 24.3 Å². The molecule has 3 aromatic carbocycles. The summed E-state index contributed by atoms with van der Waals surface area (Å²) in [5.41, 5.74) is 1.95. The average Bonchev–Trinajstić information content (AvgIpc) is 2.84. The Kier molecular flexibility index (Phi) is 7.49. The first kappa shape index (κ1) is 23.8. The van der Waals surface area contributed by atoms with Crippen LogP contribution in [-0.2, 0) is 16.1 Å². The molecule has 0 aliphatic carbocycles. The van der Waals surface area contributed by atoms with Crippen molar-refractivity contribution >= 4 is 51.7 Å². The number of aliphatic imine (C=N–C) groups is 1. The molecule has 1 N–H and O–H groups in total. The van der Waals surface area contributed by atoms with Gasteiger partial charge in [0, 0.05) is 17.1 Å². The number of nitrogens with zero attached hydrogens (tertiary/aromatic N) is 2. The van der Waals surface area contributed by atoms with Gasteiger partial charge >= 0.3 is 0 Å². The van der Waals surface area contributed by atoms with E-state index in [9.17, 15) is 14.0 Å². The Morgan fingerprint density at radius 2 is 1.79 bits per heavy atom. The van der Waals surface area contributed by atoms with Crippen molar-refractivity contribution in [1.29, 1.82) is 0 Å². The molecular formula is C25H21ClFN3O3S. The summed E-state index contributed by atoms with van der Waals surface area (Å²) in [5, 5.41) is 3.08. The molecule has 1 aliphatic heterocycles. The second-order valence-corrected chi connectivity index (χ2v) is 9.11. The minimum absolute atomic E-state index is 0.0165. The van der Waals surface area contributed by atoms with Crippen molar-refractivity contribution in [2.24, 2.45) is 4.99 Å². The Balaban J connectivity index is 1.58. The molecule has 0 aromatic heterocycles. The molecule has 3 aromatic rings. The number of nitrogens with one attached hydrogen (secondary N) is 1. The van der Waals surface area contributed by atoms with Gasteiger partial charge in [-0.15, -0.1) is 0 Å². The van der Waals surface area contributed by atoms with Crippen LogP contribution in [0.5, 0.6) is 5.75 Å². The van der Waals surface area contributed by atoms with Crippen molar-refractivity contribution in [2.75, 3.05) is 12.4 Å². The minimum Gasteiger partial charge on any atom is -0.497 e. The third-order valence-electron chi connectivity index (χ3n) is 5.09. The Hall–Kier alpha value is -3.36. The third kappa shape index (κ3) is 5.95. The van der Waals surface area contributed by atoms with E-state index < -0.39 is 5.25 Å². The number of methoxy groups -OCH3 is 1. The van der Waals surface area contributed by atoms with Crippen molar-refractivity contribution in [3.05, 3.63) is 89.2 Å². The lowest BCUT2D eigenvalue weighted by molar-refractivity contribution is -0.129. The van der Waals surface area contributed by atoms with Crippen LogP contribution in [0.4, 0.5) is 15.8 Å². The van der Waals surface area contributed by atoms with Crippen LogP contribution in [0.15, 0.2) is 77.8 Å². The van der Waals surface area contributed by atoms with Gasteiger partial charge in [-0.1, -0.05) is 35.5 Å². The molecule has 0 bridgehead atoms. The standard InChI is InChI=1S/C25H21ClFN3O3S/c1-33-21-12-2-16(3-13-21)15-30-23(31)14-22(24(32)28-19-8-4-17(26)5-9-19)34-25(30)29-20-10-6-18(27)7-11-20/h2-13,22H,14-15H2,1H3,(H,28,32). The van der Waals surface area contributed by atoms with E-state index in [0.717, 1.165) is 5.56 Å². The van der Waals surface area contributed by atoms with Gasteiger partial charge in [0.05, 0.1) is 19.3 Å².